The van der Waals surface area contributed by atoms with Gasteiger partial charge in [0, 0.05) is 6.08 Å². The zero-order chi connectivity index (χ0) is 13.5. The molecule has 0 amide bonds. The summed E-state index contributed by atoms with van der Waals surface area (Å²) in [6.07, 6.45) is 0.306. The van der Waals surface area contributed by atoms with E-state index in [1.54, 1.807) is 6.92 Å². The van der Waals surface area contributed by atoms with E-state index < -0.39 is 12.3 Å². The molecule has 1 aromatic heterocycles. The fourth-order valence-corrected chi connectivity index (χ4v) is 0.958. The van der Waals surface area contributed by atoms with Crippen molar-refractivity contribution in [1.29, 1.82) is 0 Å². The number of hydrogen-bond donors (Lipinski definition) is 3. The first kappa shape index (κ1) is 13.6. The normalized spacial score (nSPS) is 11.6. The summed E-state index contributed by atoms with van der Waals surface area (Å²) < 4.78 is 9.88. The third-order valence-electron chi connectivity index (χ3n) is 1.67. The van der Waals surface area contributed by atoms with Crippen molar-refractivity contribution < 1.29 is 14.3 Å². The van der Waals surface area contributed by atoms with Crippen LogP contribution in [0.4, 0.5) is 17.8 Å². The quantitative estimate of drug-likeness (QED) is 0.348. The molecule has 9 nitrogen and oxygen atoms in total. The Morgan fingerprint density at radius 2 is 2.06 bits per heavy atom. The standard InChI is InChI=1S/C9H14N6O3/c1-3-6(16)18-5(2)17-4-12-9-14-7(10)13-8(11)15-9/h3,5H,1,4H2,2H3,(H5,10,11,12,13,14,15). The van der Waals surface area contributed by atoms with Crippen LogP contribution in [0.5, 0.6) is 0 Å². The van der Waals surface area contributed by atoms with Gasteiger partial charge in [-0.15, -0.1) is 0 Å². The first-order valence-electron chi connectivity index (χ1n) is 4.97. The van der Waals surface area contributed by atoms with Gasteiger partial charge in [0.1, 0.15) is 6.73 Å². The minimum Gasteiger partial charge on any atom is -0.433 e. The van der Waals surface area contributed by atoms with Gasteiger partial charge in [0.05, 0.1) is 0 Å². The second kappa shape index (κ2) is 6.35. The zero-order valence-electron chi connectivity index (χ0n) is 9.79. The summed E-state index contributed by atoms with van der Waals surface area (Å²) in [6.45, 7) is 4.82. The molecule has 0 fully saturated rings. The summed E-state index contributed by atoms with van der Waals surface area (Å²) >= 11 is 0. The summed E-state index contributed by atoms with van der Waals surface area (Å²) in [5.74, 6) is -0.411. The number of nitrogen functional groups attached to an aromatic ring is 2. The van der Waals surface area contributed by atoms with Crippen molar-refractivity contribution in [1.82, 2.24) is 15.0 Å². The maximum Gasteiger partial charge on any atom is 0.332 e. The van der Waals surface area contributed by atoms with Crippen LogP contribution in [-0.4, -0.2) is 33.9 Å². The van der Waals surface area contributed by atoms with Gasteiger partial charge >= 0.3 is 5.97 Å². The molecule has 1 unspecified atom stereocenters. The topological polar surface area (TPSA) is 138 Å². The second-order valence-electron chi connectivity index (χ2n) is 3.07. The number of esters is 1. The SMILES string of the molecule is C=CC(=O)OC(C)OCNc1nc(N)nc(N)n1. The molecular weight excluding hydrogens is 240 g/mol. The van der Waals surface area contributed by atoms with Crippen molar-refractivity contribution in [3.63, 3.8) is 0 Å². The molecule has 1 rings (SSSR count). The molecule has 0 aromatic carbocycles. The summed E-state index contributed by atoms with van der Waals surface area (Å²) in [4.78, 5) is 22.0. The lowest BCUT2D eigenvalue weighted by atomic mass is 10.6. The Labute approximate surface area is 103 Å². The Balaban J connectivity index is 2.37. The van der Waals surface area contributed by atoms with Crippen LogP contribution in [0.15, 0.2) is 12.7 Å². The molecule has 98 valence electrons. The lowest BCUT2D eigenvalue weighted by molar-refractivity contribution is -0.167. The van der Waals surface area contributed by atoms with Crippen LogP contribution in [0.3, 0.4) is 0 Å². The van der Waals surface area contributed by atoms with Gasteiger partial charge in [-0.3, -0.25) is 0 Å². The molecule has 9 heteroatoms. The Morgan fingerprint density at radius 3 is 2.61 bits per heavy atom. The van der Waals surface area contributed by atoms with Crippen LogP contribution >= 0.6 is 0 Å². The van der Waals surface area contributed by atoms with Gasteiger partial charge in [-0.1, -0.05) is 6.58 Å². The predicted octanol–water partition coefficient (Wildman–Crippen LogP) is -0.503. The van der Waals surface area contributed by atoms with Crippen LogP contribution in [0.1, 0.15) is 6.92 Å². The number of nitrogens with two attached hydrogens (primary N) is 2. The number of nitrogens with one attached hydrogen (secondary N) is 1. The average Bonchev–Trinajstić information content (AvgIpc) is 2.27. The largest absolute Gasteiger partial charge is 0.433 e. The Morgan fingerprint density at radius 1 is 1.44 bits per heavy atom. The maximum atomic E-state index is 10.8. The van der Waals surface area contributed by atoms with Crippen molar-refractivity contribution in [3.8, 4) is 0 Å². The van der Waals surface area contributed by atoms with E-state index in [-0.39, 0.29) is 24.6 Å². The lowest BCUT2D eigenvalue weighted by Crippen LogP contribution is -2.21. The number of hydrogen-bond acceptors (Lipinski definition) is 9. The highest BCUT2D eigenvalue weighted by Crippen LogP contribution is 2.03. The molecule has 0 saturated heterocycles. The van der Waals surface area contributed by atoms with Gasteiger partial charge in [-0.2, -0.15) is 15.0 Å². The number of rotatable bonds is 6. The van der Waals surface area contributed by atoms with Gasteiger partial charge < -0.3 is 26.3 Å². The highest BCUT2D eigenvalue weighted by Gasteiger charge is 2.07. The van der Waals surface area contributed by atoms with E-state index in [0.717, 1.165) is 6.08 Å². The monoisotopic (exact) mass is 254 g/mol. The van der Waals surface area contributed by atoms with Crippen LogP contribution < -0.4 is 16.8 Å². The molecule has 0 aliphatic carbocycles. The number of nitrogens with zero attached hydrogens (tertiary/aromatic N) is 3. The van der Waals surface area contributed by atoms with Crippen molar-refractivity contribution >= 4 is 23.8 Å². The van der Waals surface area contributed by atoms with Gasteiger partial charge in [-0.25, -0.2) is 4.79 Å². The number of ether oxygens (including phenoxy) is 2. The van der Waals surface area contributed by atoms with Gasteiger partial charge in [-0.05, 0) is 6.92 Å². The minimum atomic E-state index is -0.737. The van der Waals surface area contributed by atoms with E-state index in [9.17, 15) is 4.79 Å². The van der Waals surface area contributed by atoms with E-state index >= 15 is 0 Å². The molecule has 1 heterocycles. The van der Waals surface area contributed by atoms with Gasteiger partial charge in [0.2, 0.25) is 24.1 Å². The molecule has 0 aliphatic rings. The molecule has 0 saturated carbocycles. The lowest BCUT2D eigenvalue weighted by Gasteiger charge is -2.13. The Kier molecular flexibility index (Phi) is 4.81. The van der Waals surface area contributed by atoms with E-state index in [1.165, 1.54) is 0 Å². The van der Waals surface area contributed by atoms with Crippen LogP contribution in [0.2, 0.25) is 0 Å². The molecule has 0 bridgehead atoms. The Hall–Kier alpha value is -2.42. The van der Waals surface area contributed by atoms with E-state index in [4.69, 9.17) is 20.9 Å². The fraction of sp³-hybridized carbons (Fsp3) is 0.333. The fourth-order valence-electron chi connectivity index (χ4n) is 0.958. The van der Waals surface area contributed by atoms with E-state index in [0.29, 0.717) is 0 Å². The first-order valence-corrected chi connectivity index (χ1v) is 4.97. The number of carbonyl (C=O) groups excluding carboxylic acids is 1. The van der Waals surface area contributed by atoms with Crippen molar-refractivity contribution in [2.45, 2.75) is 13.2 Å². The highest BCUT2D eigenvalue weighted by molar-refractivity contribution is 5.81. The Bertz CT molecular complexity index is 418. The van der Waals surface area contributed by atoms with Crippen LogP contribution in [0.25, 0.3) is 0 Å². The average molecular weight is 254 g/mol. The molecule has 1 aromatic rings. The van der Waals surface area contributed by atoms with Gasteiger partial charge in [0.15, 0.2) is 0 Å². The minimum absolute atomic E-state index is 0.00358. The number of carbonyl (C=O) groups is 1. The third kappa shape index (κ3) is 4.61. The maximum absolute atomic E-state index is 10.8. The molecule has 18 heavy (non-hydrogen) atoms. The second-order valence-corrected chi connectivity index (χ2v) is 3.07. The highest BCUT2D eigenvalue weighted by atomic mass is 16.7. The smallest absolute Gasteiger partial charge is 0.332 e. The molecular formula is C9H14N6O3. The van der Waals surface area contributed by atoms with Crippen LogP contribution in [-0.2, 0) is 14.3 Å². The summed E-state index contributed by atoms with van der Waals surface area (Å²) in [7, 11) is 0. The van der Waals surface area contributed by atoms with E-state index in [2.05, 4.69) is 26.8 Å². The van der Waals surface area contributed by atoms with Crippen molar-refractivity contribution in [3.05, 3.63) is 12.7 Å². The summed E-state index contributed by atoms with van der Waals surface area (Å²) in [5.41, 5.74) is 10.7. The van der Waals surface area contributed by atoms with Crippen molar-refractivity contribution in [2.24, 2.45) is 0 Å². The number of anilines is 3. The molecule has 0 spiro atoms. The summed E-state index contributed by atoms with van der Waals surface area (Å²) in [5, 5.41) is 2.69. The van der Waals surface area contributed by atoms with Gasteiger partial charge in [0.25, 0.3) is 0 Å². The predicted molar refractivity (Wildman–Crippen MR) is 64.0 cm³/mol. The van der Waals surface area contributed by atoms with Crippen LogP contribution in [0, 0.1) is 0 Å². The zero-order valence-corrected chi connectivity index (χ0v) is 9.79. The van der Waals surface area contributed by atoms with E-state index in [1.807, 2.05) is 0 Å². The molecule has 5 N–H and O–H groups in total. The van der Waals surface area contributed by atoms with Crippen molar-refractivity contribution in [2.75, 3.05) is 23.5 Å². The first-order chi connectivity index (χ1) is 8.51. The molecule has 1 atom stereocenters. The number of aromatic nitrogens is 3. The third-order valence-corrected chi connectivity index (χ3v) is 1.67. The molecule has 0 aliphatic heterocycles. The molecule has 0 radical (unpaired) electrons. The summed E-state index contributed by atoms with van der Waals surface area (Å²) in [6, 6.07) is 0.